The van der Waals surface area contributed by atoms with Crippen molar-refractivity contribution in [3.63, 3.8) is 0 Å². The zero-order chi connectivity index (χ0) is 28.2. The van der Waals surface area contributed by atoms with E-state index in [4.69, 9.17) is 0 Å². The average Bonchev–Trinajstić information content (AvgIpc) is 3.64. The molecule has 212 valence electrons. The molecule has 3 aromatic rings. The molecule has 1 aromatic heterocycles. The number of anilines is 1. The highest BCUT2D eigenvalue weighted by molar-refractivity contribution is 8.03. The molecule has 1 aliphatic heterocycles. The van der Waals surface area contributed by atoms with Gasteiger partial charge in [-0.15, -0.1) is 11.3 Å². The van der Waals surface area contributed by atoms with E-state index < -0.39 is 22.4 Å². The van der Waals surface area contributed by atoms with Crippen LogP contribution in [0.25, 0.3) is 16.2 Å². The highest BCUT2D eigenvalue weighted by Crippen LogP contribution is 2.50. The lowest BCUT2D eigenvalue weighted by Gasteiger charge is -2.29. The summed E-state index contributed by atoms with van der Waals surface area (Å²) in [5.41, 5.74) is 6.99. The summed E-state index contributed by atoms with van der Waals surface area (Å²) in [7, 11) is 0. The predicted octanol–water partition coefficient (Wildman–Crippen LogP) is 9.17. The number of fused-ring (bicyclic) bond motifs is 3. The molecule has 2 heterocycles. The molecule has 4 aliphatic rings. The van der Waals surface area contributed by atoms with Gasteiger partial charge in [-0.25, -0.2) is 0 Å². The number of nitrogens with zero attached hydrogens (tertiary/aromatic N) is 1. The summed E-state index contributed by atoms with van der Waals surface area (Å²) in [4.78, 5) is 6.83. The van der Waals surface area contributed by atoms with Crippen molar-refractivity contribution in [1.82, 2.24) is 0 Å². The monoisotopic (exact) mass is 617 g/mol. The second kappa shape index (κ2) is 11.3. The molecule has 3 atom stereocenters. The van der Waals surface area contributed by atoms with E-state index in [1.54, 1.807) is 12.5 Å². The summed E-state index contributed by atoms with van der Waals surface area (Å²) in [5, 5.41) is 2.59. The molecule has 0 spiro atoms. The van der Waals surface area contributed by atoms with E-state index in [1.807, 2.05) is 35.2 Å². The molecular formula is C34H35NO2S4. The molecule has 7 heteroatoms. The smallest absolute Gasteiger partial charge is 0.154 e. The topological polar surface area (TPSA) is 49.4 Å². The zero-order valence-corrected chi connectivity index (χ0v) is 27.0. The normalized spacial score (nSPS) is 23.9. The molecule has 41 heavy (non-hydrogen) atoms. The average molecular weight is 618 g/mol. The van der Waals surface area contributed by atoms with Crippen LogP contribution < -0.4 is 4.90 Å². The largest absolute Gasteiger partial charge is 0.612 e. The third-order valence-electron chi connectivity index (χ3n) is 8.76. The van der Waals surface area contributed by atoms with E-state index in [2.05, 4.69) is 60.4 Å². The van der Waals surface area contributed by atoms with Gasteiger partial charge in [0.15, 0.2) is 9.79 Å². The van der Waals surface area contributed by atoms with Gasteiger partial charge < -0.3 is 14.0 Å². The lowest BCUT2D eigenvalue weighted by Crippen LogP contribution is -2.18. The number of hydrogen-bond donors (Lipinski definition) is 0. The molecule has 2 aromatic carbocycles. The molecule has 7 rings (SSSR count). The van der Waals surface area contributed by atoms with Crippen LogP contribution in [0.15, 0.2) is 91.1 Å². The van der Waals surface area contributed by atoms with Crippen molar-refractivity contribution in [3.05, 3.63) is 86.8 Å². The standard InChI is InChI=1S/C34H35NO2S4/c1-4-35-29-20-27(41(3)37)12-14-31(29)39-33(35)18-22-6-8-23-7-5-21(15-25(23)16-22)17-32-34(24-9-10-24)28-19-26(40(2)36)11-13-30(28)38-32/h11-20,23-24H,4-10H2,1-3H3/b21-17+,33-18-. The first-order chi connectivity index (χ1) is 19.9. The molecule has 3 unspecified atom stereocenters. The maximum absolute atomic E-state index is 12.2. The van der Waals surface area contributed by atoms with Gasteiger partial charge in [-0.1, -0.05) is 23.9 Å². The van der Waals surface area contributed by atoms with Crippen LogP contribution in [-0.2, 0) is 22.4 Å². The first-order valence-electron chi connectivity index (χ1n) is 14.5. The Bertz CT molecular complexity index is 1640. The second-order valence-corrected chi connectivity index (χ2v) is 16.4. The second-order valence-electron chi connectivity index (χ2n) is 11.5. The molecule has 0 bridgehead atoms. The Labute approximate surface area is 257 Å². The van der Waals surface area contributed by atoms with E-state index in [0.717, 1.165) is 29.2 Å². The van der Waals surface area contributed by atoms with E-state index in [0.29, 0.717) is 11.8 Å². The highest BCUT2D eigenvalue weighted by atomic mass is 32.2. The SMILES string of the molecule is CCN1/C(=C/C2=CC3=C/C(=C/c4sc5ccc([S+](C)[O-])cc5c4C4CC4)CCC3CC2)Sc2ccc([S+](C)[O-])cc21. The van der Waals surface area contributed by atoms with E-state index in [1.165, 1.54) is 78.5 Å². The minimum atomic E-state index is -0.979. The molecular weight excluding hydrogens is 583 g/mol. The maximum atomic E-state index is 12.2. The van der Waals surface area contributed by atoms with Crippen molar-refractivity contribution < 1.29 is 9.11 Å². The fourth-order valence-corrected chi connectivity index (χ4v) is 9.96. The third kappa shape index (κ3) is 5.50. The summed E-state index contributed by atoms with van der Waals surface area (Å²) in [6, 6.07) is 12.6. The number of thiophene rings is 1. The summed E-state index contributed by atoms with van der Waals surface area (Å²) in [6.45, 7) is 3.09. The lowest BCUT2D eigenvalue weighted by atomic mass is 9.77. The number of rotatable bonds is 6. The molecule has 0 saturated heterocycles. The molecule has 1 fully saturated rings. The van der Waals surface area contributed by atoms with Gasteiger partial charge in [0.1, 0.15) is 12.5 Å². The molecule has 3 aliphatic carbocycles. The van der Waals surface area contributed by atoms with Gasteiger partial charge in [0, 0.05) is 38.5 Å². The van der Waals surface area contributed by atoms with Crippen LogP contribution in [0.1, 0.15) is 61.8 Å². The summed E-state index contributed by atoms with van der Waals surface area (Å²) < 4.78 is 25.6. The molecule has 0 N–H and O–H groups in total. The number of benzene rings is 2. The summed E-state index contributed by atoms with van der Waals surface area (Å²) >= 11 is 1.79. The van der Waals surface area contributed by atoms with Crippen LogP contribution >= 0.6 is 23.1 Å². The van der Waals surface area contributed by atoms with Crippen molar-refractivity contribution in [3.8, 4) is 0 Å². The Morgan fingerprint density at radius 3 is 2.41 bits per heavy atom. The Hall–Kier alpha value is -1.87. The molecule has 1 saturated carbocycles. The predicted molar refractivity (Wildman–Crippen MR) is 178 cm³/mol. The number of allylic oxidation sites excluding steroid dienone is 6. The molecule has 0 amide bonds. The van der Waals surface area contributed by atoms with Gasteiger partial charge in [0.05, 0.1) is 10.7 Å². The van der Waals surface area contributed by atoms with Crippen LogP contribution in [0.3, 0.4) is 0 Å². The van der Waals surface area contributed by atoms with Gasteiger partial charge in [0.2, 0.25) is 0 Å². The number of thioether (sulfide) groups is 1. The van der Waals surface area contributed by atoms with Gasteiger partial charge in [-0.05, 0) is 138 Å². The van der Waals surface area contributed by atoms with E-state index >= 15 is 0 Å². The first kappa shape index (κ1) is 27.9. The van der Waals surface area contributed by atoms with Crippen molar-refractivity contribution in [1.29, 1.82) is 0 Å². The van der Waals surface area contributed by atoms with Crippen LogP contribution in [0.2, 0.25) is 0 Å². The summed E-state index contributed by atoms with van der Waals surface area (Å²) in [6.07, 6.45) is 20.5. The van der Waals surface area contributed by atoms with Crippen LogP contribution in [-0.4, -0.2) is 28.2 Å². The van der Waals surface area contributed by atoms with Gasteiger partial charge in [-0.2, -0.15) is 0 Å². The van der Waals surface area contributed by atoms with Gasteiger partial charge in [0.25, 0.3) is 0 Å². The van der Waals surface area contributed by atoms with Crippen molar-refractivity contribution >= 4 is 67.3 Å². The van der Waals surface area contributed by atoms with Gasteiger partial charge >= 0.3 is 0 Å². The maximum Gasteiger partial charge on any atom is 0.154 e. The van der Waals surface area contributed by atoms with Crippen LogP contribution in [0, 0.1) is 5.92 Å². The van der Waals surface area contributed by atoms with E-state index in [-0.39, 0.29) is 0 Å². The van der Waals surface area contributed by atoms with Crippen molar-refractivity contribution in [2.75, 3.05) is 24.0 Å². The fraction of sp³-hybridized carbons (Fsp3) is 0.353. The quantitative estimate of drug-likeness (QED) is 0.259. The lowest BCUT2D eigenvalue weighted by molar-refractivity contribution is 0.503. The number of hydrogen-bond acceptors (Lipinski definition) is 5. The Morgan fingerprint density at radius 2 is 1.66 bits per heavy atom. The summed E-state index contributed by atoms with van der Waals surface area (Å²) in [5.74, 6) is 1.30. The Balaban J connectivity index is 1.20. The molecule has 0 radical (unpaired) electrons. The van der Waals surface area contributed by atoms with Gasteiger partial charge in [-0.3, -0.25) is 0 Å². The first-order valence-corrected chi connectivity index (χ1v) is 19.3. The Kier molecular flexibility index (Phi) is 7.72. The zero-order valence-electron chi connectivity index (χ0n) is 23.8. The third-order valence-corrected chi connectivity index (χ3v) is 12.8. The minimum Gasteiger partial charge on any atom is -0.612 e. The van der Waals surface area contributed by atoms with E-state index in [9.17, 15) is 9.11 Å². The van der Waals surface area contributed by atoms with Crippen molar-refractivity contribution in [2.45, 2.75) is 66.1 Å². The molecule has 3 nitrogen and oxygen atoms in total. The highest BCUT2D eigenvalue weighted by Gasteiger charge is 2.31. The fourth-order valence-electron chi connectivity index (χ4n) is 6.45. The minimum absolute atomic E-state index is 0.649. The van der Waals surface area contributed by atoms with Crippen LogP contribution in [0.5, 0.6) is 0 Å². The van der Waals surface area contributed by atoms with Crippen molar-refractivity contribution in [2.24, 2.45) is 5.92 Å². The Morgan fingerprint density at radius 1 is 0.902 bits per heavy atom. The van der Waals surface area contributed by atoms with Crippen LogP contribution in [0.4, 0.5) is 5.69 Å².